The second kappa shape index (κ2) is 9.17. The molecule has 0 saturated carbocycles. The highest BCUT2D eigenvalue weighted by Crippen LogP contribution is 2.35. The Balaban J connectivity index is 1.42. The van der Waals surface area contributed by atoms with Crippen LogP contribution in [0.25, 0.3) is 22.2 Å². The Bertz CT molecular complexity index is 1280. The third-order valence-corrected chi connectivity index (χ3v) is 6.37. The van der Waals surface area contributed by atoms with Crippen LogP contribution >= 0.6 is 23.2 Å². The monoisotopic (exact) mass is 483 g/mol. The predicted octanol–water partition coefficient (Wildman–Crippen LogP) is 5.98. The highest BCUT2D eigenvalue weighted by atomic mass is 35.5. The summed E-state index contributed by atoms with van der Waals surface area (Å²) in [6, 6.07) is 8.19. The zero-order valence-corrected chi connectivity index (χ0v) is 19.7. The summed E-state index contributed by atoms with van der Waals surface area (Å²) in [5.41, 5.74) is 4.41. The Labute approximate surface area is 201 Å². The lowest BCUT2D eigenvalue weighted by molar-refractivity contribution is 0.195. The Kier molecular flexibility index (Phi) is 6.10. The molecule has 2 N–H and O–H groups in total. The molecule has 9 heteroatoms. The minimum absolute atomic E-state index is 0.303. The van der Waals surface area contributed by atoms with E-state index in [0.717, 1.165) is 46.6 Å². The van der Waals surface area contributed by atoms with Gasteiger partial charge in [0.05, 0.1) is 28.2 Å². The molecule has 33 heavy (non-hydrogen) atoms. The van der Waals surface area contributed by atoms with E-state index in [4.69, 9.17) is 32.7 Å². The highest BCUT2D eigenvalue weighted by molar-refractivity contribution is 6.35. The summed E-state index contributed by atoms with van der Waals surface area (Å²) >= 11 is 12.6. The van der Waals surface area contributed by atoms with Gasteiger partial charge in [-0.3, -0.25) is 10.1 Å². The number of pyridine rings is 2. The van der Waals surface area contributed by atoms with Crippen molar-refractivity contribution in [2.75, 3.05) is 18.5 Å². The predicted molar refractivity (Wildman–Crippen MR) is 130 cm³/mol. The molecule has 0 aliphatic carbocycles. The molecule has 1 aromatic carbocycles. The van der Waals surface area contributed by atoms with Gasteiger partial charge in [-0.05, 0) is 50.1 Å². The van der Waals surface area contributed by atoms with Crippen LogP contribution in [0.2, 0.25) is 10.0 Å². The van der Waals surface area contributed by atoms with Gasteiger partial charge < -0.3 is 14.8 Å². The molecule has 5 rings (SSSR count). The van der Waals surface area contributed by atoms with Crippen molar-refractivity contribution in [1.29, 1.82) is 0 Å². The summed E-state index contributed by atoms with van der Waals surface area (Å²) in [5, 5.41) is 13.0. The van der Waals surface area contributed by atoms with Gasteiger partial charge in [0, 0.05) is 41.7 Å². The van der Waals surface area contributed by atoms with E-state index in [2.05, 4.69) is 31.5 Å². The number of hydrogen-bond acceptors (Lipinski definition) is 6. The summed E-state index contributed by atoms with van der Waals surface area (Å²) in [4.78, 5) is 8.65. The Morgan fingerprint density at radius 1 is 1.18 bits per heavy atom. The minimum atomic E-state index is -0.352. The van der Waals surface area contributed by atoms with Gasteiger partial charge in [-0.2, -0.15) is 5.10 Å². The zero-order valence-electron chi connectivity index (χ0n) is 18.2. The second-order valence-electron chi connectivity index (χ2n) is 8.15. The standard InChI is InChI=1S/C24H23Cl2N5O2/c1-13-7-15(9-28-24(13)29-16-5-6-32-12-16)23-18-8-17(3-4-21(18)30-31-23)33-14(2)22-19(25)10-27-11-20(22)26/h3-4,7-11,14,16H,5-6,12H2,1-2H3,(H,28,29)(H,30,31)/t14-,16-/m1/s1. The van der Waals surface area contributed by atoms with E-state index in [-0.39, 0.29) is 6.10 Å². The fraction of sp³-hybridized carbons (Fsp3) is 0.292. The van der Waals surface area contributed by atoms with Gasteiger partial charge in [0.2, 0.25) is 0 Å². The Morgan fingerprint density at radius 3 is 2.73 bits per heavy atom. The lowest BCUT2D eigenvalue weighted by atomic mass is 10.1. The number of hydrogen-bond donors (Lipinski definition) is 2. The van der Waals surface area contributed by atoms with E-state index in [0.29, 0.717) is 34.0 Å². The first kappa shape index (κ1) is 21.9. The van der Waals surface area contributed by atoms with Gasteiger partial charge in [0.25, 0.3) is 0 Å². The summed E-state index contributed by atoms with van der Waals surface area (Å²) in [6.45, 7) is 5.45. The first-order valence-corrected chi connectivity index (χ1v) is 11.5. The maximum atomic E-state index is 6.29. The molecule has 0 spiro atoms. The molecule has 170 valence electrons. The summed E-state index contributed by atoms with van der Waals surface area (Å²) in [6.07, 6.45) is 5.60. The summed E-state index contributed by atoms with van der Waals surface area (Å²) in [7, 11) is 0. The van der Waals surface area contributed by atoms with E-state index in [9.17, 15) is 0 Å². The van der Waals surface area contributed by atoms with E-state index in [1.165, 1.54) is 0 Å². The van der Waals surface area contributed by atoms with Crippen LogP contribution < -0.4 is 10.1 Å². The number of halogens is 2. The average Bonchev–Trinajstić information content (AvgIpc) is 3.45. The van der Waals surface area contributed by atoms with Gasteiger partial charge >= 0.3 is 0 Å². The second-order valence-corrected chi connectivity index (χ2v) is 8.97. The van der Waals surface area contributed by atoms with Crippen LogP contribution in [-0.4, -0.2) is 39.4 Å². The Hall–Kier alpha value is -2.87. The van der Waals surface area contributed by atoms with Crippen LogP contribution in [0.3, 0.4) is 0 Å². The van der Waals surface area contributed by atoms with Crippen molar-refractivity contribution in [3.05, 3.63) is 64.0 Å². The summed E-state index contributed by atoms with van der Waals surface area (Å²) < 4.78 is 11.6. The molecule has 2 atom stereocenters. The quantitative estimate of drug-likeness (QED) is 0.351. The molecule has 1 aliphatic heterocycles. The van der Waals surface area contributed by atoms with Crippen molar-refractivity contribution in [3.63, 3.8) is 0 Å². The number of anilines is 1. The molecule has 0 bridgehead atoms. The summed E-state index contributed by atoms with van der Waals surface area (Å²) in [5.74, 6) is 1.56. The molecular weight excluding hydrogens is 461 g/mol. The molecular formula is C24H23Cl2N5O2. The van der Waals surface area contributed by atoms with Crippen LogP contribution in [0.1, 0.15) is 30.6 Å². The molecule has 3 aromatic heterocycles. The number of aromatic nitrogens is 4. The largest absolute Gasteiger partial charge is 0.486 e. The van der Waals surface area contributed by atoms with Crippen molar-refractivity contribution in [3.8, 4) is 17.0 Å². The van der Waals surface area contributed by atoms with E-state index < -0.39 is 0 Å². The first-order valence-electron chi connectivity index (χ1n) is 10.7. The van der Waals surface area contributed by atoms with Crippen molar-refractivity contribution >= 4 is 39.9 Å². The minimum Gasteiger partial charge on any atom is -0.486 e. The van der Waals surface area contributed by atoms with Crippen molar-refractivity contribution in [2.45, 2.75) is 32.4 Å². The van der Waals surface area contributed by atoms with Crippen LogP contribution in [0.5, 0.6) is 5.75 Å². The number of fused-ring (bicyclic) bond motifs is 1. The highest BCUT2D eigenvalue weighted by Gasteiger charge is 2.19. The molecule has 1 fully saturated rings. The van der Waals surface area contributed by atoms with E-state index in [1.54, 1.807) is 12.4 Å². The fourth-order valence-electron chi connectivity index (χ4n) is 4.06. The maximum absolute atomic E-state index is 6.29. The normalized spacial score (nSPS) is 16.8. The van der Waals surface area contributed by atoms with Crippen LogP contribution in [0.15, 0.2) is 42.9 Å². The fourth-order valence-corrected chi connectivity index (χ4v) is 4.73. The molecule has 0 unspecified atom stereocenters. The number of nitrogens with zero attached hydrogens (tertiary/aromatic N) is 3. The van der Waals surface area contributed by atoms with Gasteiger partial charge in [-0.25, -0.2) is 4.98 Å². The Morgan fingerprint density at radius 2 is 2.00 bits per heavy atom. The van der Waals surface area contributed by atoms with Gasteiger partial charge in [0.1, 0.15) is 23.4 Å². The van der Waals surface area contributed by atoms with Crippen molar-refractivity contribution in [1.82, 2.24) is 20.2 Å². The topological polar surface area (TPSA) is 85.0 Å². The zero-order chi connectivity index (χ0) is 22.9. The third kappa shape index (κ3) is 4.49. The molecule has 7 nitrogen and oxygen atoms in total. The van der Waals surface area contributed by atoms with Gasteiger partial charge in [-0.1, -0.05) is 23.2 Å². The molecule has 1 saturated heterocycles. The lowest BCUT2D eigenvalue weighted by Gasteiger charge is -2.17. The number of benzene rings is 1. The first-order chi connectivity index (χ1) is 16.0. The van der Waals surface area contributed by atoms with Crippen LogP contribution in [0, 0.1) is 6.92 Å². The molecule has 0 amide bonds. The van der Waals surface area contributed by atoms with Crippen LogP contribution in [0.4, 0.5) is 5.82 Å². The van der Waals surface area contributed by atoms with Gasteiger partial charge in [-0.15, -0.1) is 0 Å². The number of nitrogens with one attached hydrogen (secondary N) is 2. The van der Waals surface area contributed by atoms with Crippen molar-refractivity contribution in [2.24, 2.45) is 0 Å². The molecule has 1 aliphatic rings. The van der Waals surface area contributed by atoms with Gasteiger partial charge in [0.15, 0.2) is 0 Å². The molecule has 0 radical (unpaired) electrons. The van der Waals surface area contributed by atoms with Crippen molar-refractivity contribution < 1.29 is 9.47 Å². The third-order valence-electron chi connectivity index (χ3n) is 5.77. The maximum Gasteiger partial charge on any atom is 0.129 e. The van der Waals surface area contributed by atoms with Crippen LogP contribution in [-0.2, 0) is 4.74 Å². The SMILES string of the molecule is Cc1cc(-c2n[nH]c3ccc(O[C@H](C)c4c(Cl)cncc4Cl)cc23)cnc1N[C@@H]1CCOC1. The molecule has 4 aromatic rings. The van der Waals surface area contributed by atoms with E-state index in [1.807, 2.05) is 38.2 Å². The number of rotatable bonds is 6. The lowest BCUT2D eigenvalue weighted by Crippen LogP contribution is -2.20. The number of aromatic amines is 1. The number of H-pyrrole nitrogens is 1. The number of ether oxygens (including phenoxy) is 2. The smallest absolute Gasteiger partial charge is 0.129 e. The van der Waals surface area contributed by atoms with E-state index >= 15 is 0 Å². The average molecular weight is 484 g/mol. The molecule has 4 heterocycles. The number of aryl methyl sites for hydroxylation is 1.